The number of rotatable bonds is 3. The minimum atomic E-state index is -0.534. The highest BCUT2D eigenvalue weighted by Crippen LogP contribution is 2.45. The lowest BCUT2D eigenvalue weighted by Crippen LogP contribution is -2.08. The van der Waals surface area contributed by atoms with Crippen LogP contribution in [0.25, 0.3) is 5.57 Å². The van der Waals surface area contributed by atoms with Crippen molar-refractivity contribution in [1.82, 2.24) is 0 Å². The second-order valence-corrected chi connectivity index (χ2v) is 5.44. The molecule has 2 aromatic rings. The molecule has 0 bridgehead atoms. The zero-order chi connectivity index (χ0) is 16.2. The Kier molecular flexibility index (Phi) is 4.25. The fourth-order valence-corrected chi connectivity index (χ4v) is 3.16. The predicted molar refractivity (Wildman–Crippen MR) is 88.5 cm³/mol. The largest absolute Gasteiger partial charge is 0.462 e. The molecule has 0 amide bonds. The second-order valence-electron chi connectivity index (χ2n) is 5.44. The Bertz CT molecular complexity index is 800. The van der Waals surface area contributed by atoms with Crippen LogP contribution in [0, 0.1) is 11.3 Å². The first kappa shape index (κ1) is 15.1. The van der Waals surface area contributed by atoms with E-state index in [2.05, 4.69) is 18.2 Å². The average Bonchev–Trinajstić information content (AvgIpc) is 2.96. The van der Waals surface area contributed by atoms with Gasteiger partial charge in [0.15, 0.2) is 0 Å². The van der Waals surface area contributed by atoms with E-state index in [-0.39, 0.29) is 18.1 Å². The molecule has 23 heavy (non-hydrogen) atoms. The van der Waals surface area contributed by atoms with E-state index >= 15 is 0 Å². The molecule has 0 saturated heterocycles. The molecular formula is C20H17NO2. The zero-order valence-electron chi connectivity index (χ0n) is 13.0. The lowest BCUT2D eigenvalue weighted by Gasteiger charge is -2.11. The van der Waals surface area contributed by atoms with Crippen molar-refractivity contribution < 1.29 is 9.53 Å². The number of hydrogen-bond donors (Lipinski definition) is 0. The van der Waals surface area contributed by atoms with Crippen LogP contribution in [0.1, 0.15) is 36.0 Å². The maximum atomic E-state index is 12.1. The number of carbonyl (C=O) groups is 1. The Morgan fingerprint density at radius 2 is 1.87 bits per heavy atom. The molecule has 1 atom stereocenters. The Hall–Kier alpha value is -2.86. The number of fused-ring (bicyclic) bond motifs is 1. The van der Waals surface area contributed by atoms with Crippen LogP contribution in [0.5, 0.6) is 0 Å². The van der Waals surface area contributed by atoms with Crippen LogP contribution in [0.15, 0.2) is 60.2 Å². The summed E-state index contributed by atoms with van der Waals surface area (Å²) >= 11 is 0. The van der Waals surface area contributed by atoms with Gasteiger partial charge in [0, 0.05) is 5.92 Å². The summed E-state index contributed by atoms with van der Waals surface area (Å²) in [4.78, 5) is 12.1. The molecule has 2 aromatic carbocycles. The van der Waals surface area contributed by atoms with E-state index in [4.69, 9.17) is 4.74 Å². The van der Waals surface area contributed by atoms with Crippen molar-refractivity contribution in [2.24, 2.45) is 0 Å². The maximum Gasteiger partial charge on any atom is 0.349 e. The van der Waals surface area contributed by atoms with E-state index in [9.17, 15) is 10.1 Å². The second kappa shape index (κ2) is 6.50. The Balaban J connectivity index is 2.12. The molecule has 1 unspecified atom stereocenters. The van der Waals surface area contributed by atoms with Gasteiger partial charge in [-0.1, -0.05) is 54.6 Å². The van der Waals surface area contributed by atoms with Gasteiger partial charge in [-0.25, -0.2) is 4.79 Å². The molecule has 3 rings (SSSR count). The average molecular weight is 303 g/mol. The van der Waals surface area contributed by atoms with Gasteiger partial charge in [0.05, 0.1) is 6.61 Å². The summed E-state index contributed by atoms with van der Waals surface area (Å²) in [6, 6.07) is 20.2. The van der Waals surface area contributed by atoms with Crippen molar-refractivity contribution >= 4 is 11.5 Å². The smallest absolute Gasteiger partial charge is 0.349 e. The molecule has 1 aliphatic carbocycles. The fraction of sp³-hybridized carbons (Fsp3) is 0.200. The van der Waals surface area contributed by atoms with Gasteiger partial charge in [-0.3, -0.25) is 0 Å². The summed E-state index contributed by atoms with van der Waals surface area (Å²) in [5.41, 5.74) is 4.24. The molecule has 0 heterocycles. The highest BCUT2D eigenvalue weighted by atomic mass is 16.5. The van der Waals surface area contributed by atoms with E-state index in [1.165, 1.54) is 5.56 Å². The lowest BCUT2D eigenvalue weighted by atomic mass is 9.93. The molecule has 114 valence electrons. The zero-order valence-corrected chi connectivity index (χ0v) is 13.0. The molecule has 0 fully saturated rings. The first-order valence-corrected chi connectivity index (χ1v) is 7.70. The summed E-state index contributed by atoms with van der Waals surface area (Å²) in [5, 5.41) is 9.46. The van der Waals surface area contributed by atoms with E-state index in [1.807, 2.05) is 42.5 Å². The van der Waals surface area contributed by atoms with Gasteiger partial charge in [0.1, 0.15) is 11.6 Å². The number of allylic oxidation sites excluding steroid dienone is 1. The third-order valence-corrected chi connectivity index (χ3v) is 4.16. The molecular weight excluding hydrogens is 286 g/mol. The van der Waals surface area contributed by atoms with E-state index < -0.39 is 5.97 Å². The summed E-state index contributed by atoms with van der Waals surface area (Å²) in [6.45, 7) is 2.01. The van der Waals surface area contributed by atoms with Crippen molar-refractivity contribution in [1.29, 1.82) is 5.26 Å². The first-order valence-electron chi connectivity index (χ1n) is 7.70. The van der Waals surface area contributed by atoms with Crippen LogP contribution >= 0.6 is 0 Å². The van der Waals surface area contributed by atoms with Crippen molar-refractivity contribution in [3.8, 4) is 6.07 Å². The van der Waals surface area contributed by atoms with E-state index in [1.54, 1.807) is 6.92 Å². The van der Waals surface area contributed by atoms with Gasteiger partial charge in [-0.2, -0.15) is 5.26 Å². The number of esters is 1. The Labute approximate surface area is 135 Å². The van der Waals surface area contributed by atoms with Gasteiger partial charge in [0.25, 0.3) is 0 Å². The molecule has 0 spiro atoms. The molecule has 3 heteroatoms. The number of nitrogens with zero attached hydrogens (tertiary/aromatic N) is 1. The fourth-order valence-electron chi connectivity index (χ4n) is 3.16. The maximum absolute atomic E-state index is 12.1. The third kappa shape index (κ3) is 2.76. The molecule has 0 N–H and O–H groups in total. The molecule has 0 saturated carbocycles. The van der Waals surface area contributed by atoms with Crippen LogP contribution in [0.4, 0.5) is 0 Å². The summed E-state index contributed by atoms with van der Waals surface area (Å²) < 4.78 is 5.04. The van der Waals surface area contributed by atoms with Crippen LogP contribution in [-0.2, 0) is 9.53 Å². The van der Waals surface area contributed by atoms with Crippen molar-refractivity contribution in [3.63, 3.8) is 0 Å². The topological polar surface area (TPSA) is 50.1 Å². The van der Waals surface area contributed by atoms with Gasteiger partial charge in [-0.15, -0.1) is 0 Å². The number of carbonyl (C=O) groups excluding carboxylic acids is 1. The minimum Gasteiger partial charge on any atom is -0.462 e. The highest BCUT2D eigenvalue weighted by Gasteiger charge is 2.31. The number of nitriles is 1. The molecule has 0 aromatic heterocycles. The molecule has 3 nitrogen and oxygen atoms in total. The number of benzene rings is 2. The minimum absolute atomic E-state index is 0.123. The van der Waals surface area contributed by atoms with Crippen molar-refractivity contribution in [3.05, 3.63) is 76.9 Å². The highest BCUT2D eigenvalue weighted by molar-refractivity contribution is 6.03. The summed E-state index contributed by atoms with van der Waals surface area (Å²) in [7, 11) is 0. The van der Waals surface area contributed by atoms with E-state index in [0.717, 1.165) is 16.7 Å². The van der Waals surface area contributed by atoms with Crippen LogP contribution in [-0.4, -0.2) is 12.6 Å². The monoisotopic (exact) mass is 303 g/mol. The molecule has 0 radical (unpaired) electrons. The van der Waals surface area contributed by atoms with Crippen molar-refractivity contribution in [2.45, 2.75) is 19.3 Å². The molecule has 1 aliphatic rings. The number of ether oxygens (including phenoxy) is 1. The van der Waals surface area contributed by atoms with Gasteiger partial charge in [0.2, 0.25) is 0 Å². The predicted octanol–water partition coefficient (Wildman–Crippen LogP) is 4.06. The van der Waals surface area contributed by atoms with E-state index in [0.29, 0.717) is 6.42 Å². The van der Waals surface area contributed by atoms with Crippen molar-refractivity contribution in [2.75, 3.05) is 6.61 Å². The standard InChI is InChI=1S/C20H17NO2/c1-2-23-20(22)19(13-21)18-12-17(14-8-4-3-5-9-14)15-10-6-7-11-16(15)18/h3-11,17H,2,12H2,1H3/b19-18-. The third-order valence-electron chi connectivity index (χ3n) is 4.16. The summed E-state index contributed by atoms with van der Waals surface area (Å²) in [5.74, 6) is -0.367. The lowest BCUT2D eigenvalue weighted by molar-refractivity contribution is -0.137. The first-order chi connectivity index (χ1) is 11.3. The number of hydrogen-bond acceptors (Lipinski definition) is 3. The Morgan fingerprint density at radius 3 is 2.57 bits per heavy atom. The SMILES string of the molecule is CCOC(=O)/C(C#N)=C1/CC(c2ccccc2)c2ccccc21. The quantitative estimate of drug-likeness (QED) is 0.488. The summed E-state index contributed by atoms with van der Waals surface area (Å²) in [6.07, 6.45) is 0.644. The van der Waals surface area contributed by atoms with Crippen LogP contribution in [0.2, 0.25) is 0 Å². The van der Waals surface area contributed by atoms with Crippen LogP contribution in [0.3, 0.4) is 0 Å². The molecule has 0 aliphatic heterocycles. The van der Waals surface area contributed by atoms with Crippen LogP contribution < -0.4 is 0 Å². The van der Waals surface area contributed by atoms with Gasteiger partial charge >= 0.3 is 5.97 Å². The van der Waals surface area contributed by atoms with Gasteiger partial charge < -0.3 is 4.74 Å². The van der Waals surface area contributed by atoms with Gasteiger partial charge in [-0.05, 0) is 35.6 Å². The normalized spacial score (nSPS) is 18.0. The Morgan fingerprint density at radius 1 is 1.17 bits per heavy atom.